The normalized spacial score (nSPS) is 14.3. The van der Waals surface area contributed by atoms with E-state index in [0.717, 1.165) is 28.5 Å². The van der Waals surface area contributed by atoms with Crippen LogP contribution in [0.5, 0.6) is 0 Å². The van der Waals surface area contributed by atoms with E-state index in [1.165, 1.54) is 18.1 Å². The van der Waals surface area contributed by atoms with Crippen LogP contribution in [0.1, 0.15) is 45.8 Å². The summed E-state index contributed by atoms with van der Waals surface area (Å²) < 4.78 is 10.9. The van der Waals surface area contributed by atoms with Gasteiger partial charge >= 0.3 is 5.97 Å². The Bertz CT molecular complexity index is 2000. The number of carbonyl (C=O) groups excluding carboxylic acids is 4. The van der Waals surface area contributed by atoms with Gasteiger partial charge in [-0.1, -0.05) is 103 Å². The molecule has 0 saturated carbocycles. The van der Waals surface area contributed by atoms with Crippen molar-refractivity contribution in [3.63, 3.8) is 0 Å². The summed E-state index contributed by atoms with van der Waals surface area (Å²) in [6, 6.07) is 27.2. The molecule has 1 aromatic heterocycles. The van der Waals surface area contributed by atoms with Crippen molar-refractivity contribution in [2.45, 2.75) is 19.9 Å². The van der Waals surface area contributed by atoms with Crippen molar-refractivity contribution in [2.24, 2.45) is 4.99 Å². The SMILES string of the molecule is C=C/C=C\C(=C/C)N1C(=O)/C(=C/c2ccc(-c3cc(C(=O)OC)ccc3C)o2)C(=O)N=C1SCC(=O)NC(c1ccccc1)c1ccccc1. The highest BCUT2D eigenvalue weighted by Crippen LogP contribution is 2.30. The monoisotopic (exact) mass is 685 g/mol. The number of hydrogen-bond acceptors (Lipinski definition) is 7. The average Bonchev–Trinajstić information content (AvgIpc) is 3.61. The first kappa shape index (κ1) is 35.3. The van der Waals surface area contributed by atoms with Gasteiger partial charge in [0.15, 0.2) is 5.17 Å². The Morgan fingerprint density at radius 3 is 2.30 bits per heavy atom. The molecular formula is C40H35N3O6S. The van der Waals surface area contributed by atoms with Crippen LogP contribution < -0.4 is 5.32 Å². The van der Waals surface area contributed by atoms with Crippen LogP contribution in [0.15, 0.2) is 143 Å². The van der Waals surface area contributed by atoms with Crippen LogP contribution in [-0.4, -0.2) is 46.6 Å². The number of amides is 3. The predicted molar refractivity (Wildman–Crippen MR) is 196 cm³/mol. The second kappa shape index (κ2) is 16.4. The van der Waals surface area contributed by atoms with Crippen molar-refractivity contribution >= 4 is 46.7 Å². The van der Waals surface area contributed by atoms with Crippen molar-refractivity contribution in [2.75, 3.05) is 12.9 Å². The minimum Gasteiger partial charge on any atom is -0.465 e. The lowest BCUT2D eigenvalue weighted by Gasteiger charge is -2.28. The molecule has 3 aromatic carbocycles. The Balaban J connectivity index is 1.42. The summed E-state index contributed by atoms with van der Waals surface area (Å²) in [4.78, 5) is 58.5. The lowest BCUT2D eigenvalue weighted by molar-refractivity contribution is -0.126. The van der Waals surface area contributed by atoms with Gasteiger partial charge in [0.05, 0.1) is 24.5 Å². The first-order valence-electron chi connectivity index (χ1n) is 15.7. The van der Waals surface area contributed by atoms with E-state index in [4.69, 9.17) is 9.15 Å². The number of methoxy groups -OCH3 is 1. The quantitative estimate of drug-likeness (QED) is 0.0755. The van der Waals surface area contributed by atoms with Crippen LogP contribution in [-0.2, 0) is 19.1 Å². The van der Waals surface area contributed by atoms with Gasteiger partial charge in [0.25, 0.3) is 11.8 Å². The Kier molecular flexibility index (Phi) is 11.6. The molecule has 0 saturated heterocycles. The van der Waals surface area contributed by atoms with Crippen molar-refractivity contribution in [1.82, 2.24) is 10.2 Å². The molecule has 1 aliphatic heterocycles. The standard InChI is InChI=1S/C40H35N3O6S/c1-5-7-18-30(6-2)43-38(46)33(24-31-21-22-34(49-31)32-23-29(39(47)48-4)20-19-26(32)3)37(45)42-40(43)50-25-35(44)41-36(27-14-10-8-11-15-27)28-16-12-9-13-17-28/h5-24,36H,1,25H2,2-4H3,(H,41,44)/b18-7-,30-6+,33-24+. The average molecular weight is 686 g/mol. The van der Waals surface area contributed by atoms with E-state index in [1.54, 1.807) is 61.6 Å². The van der Waals surface area contributed by atoms with E-state index < -0.39 is 23.8 Å². The fraction of sp³-hybridized carbons (Fsp3) is 0.125. The molecule has 3 amide bonds. The van der Waals surface area contributed by atoms with Crippen LogP contribution in [0.2, 0.25) is 0 Å². The maximum absolute atomic E-state index is 14.0. The van der Waals surface area contributed by atoms with E-state index in [-0.39, 0.29) is 28.2 Å². The lowest BCUT2D eigenvalue weighted by Crippen LogP contribution is -2.42. The number of esters is 1. The Hall–Kier alpha value is -6.00. The highest BCUT2D eigenvalue weighted by Gasteiger charge is 2.35. The van der Waals surface area contributed by atoms with Gasteiger partial charge in [0.2, 0.25) is 5.91 Å². The van der Waals surface area contributed by atoms with Crippen LogP contribution >= 0.6 is 11.8 Å². The predicted octanol–water partition coefficient (Wildman–Crippen LogP) is 7.43. The molecule has 50 heavy (non-hydrogen) atoms. The molecule has 4 aromatic rings. The van der Waals surface area contributed by atoms with Crippen LogP contribution in [0.3, 0.4) is 0 Å². The van der Waals surface area contributed by atoms with Gasteiger partial charge in [-0.15, -0.1) is 0 Å². The minimum atomic E-state index is -0.773. The topological polar surface area (TPSA) is 118 Å². The summed E-state index contributed by atoms with van der Waals surface area (Å²) in [5.41, 5.74) is 3.89. The summed E-state index contributed by atoms with van der Waals surface area (Å²) in [5, 5.41) is 3.14. The van der Waals surface area contributed by atoms with Gasteiger partial charge in [-0.2, -0.15) is 4.99 Å². The third-order valence-corrected chi connectivity index (χ3v) is 8.69. The highest BCUT2D eigenvalue weighted by atomic mass is 32.2. The summed E-state index contributed by atoms with van der Waals surface area (Å²) >= 11 is 0.981. The molecule has 0 fully saturated rings. The number of hydrogen-bond donors (Lipinski definition) is 1. The molecule has 0 radical (unpaired) electrons. The largest absolute Gasteiger partial charge is 0.465 e. The lowest BCUT2D eigenvalue weighted by atomic mass is 9.99. The highest BCUT2D eigenvalue weighted by molar-refractivity contribution is 8.14. The van der Waals surface area contributed by atoms with E-state index in [1.807, 2.05) is 67.6 Å². The zero-order chi connectivity index (χ0) is 35.6. The number of amidine groups is 1. The number of carbonyl (C=O) groups is 4. The Morgan fingerprint density at radius 2 is 1.68 bits per heavy atom. The molecule has 2 heterocycles. The van der Waals surface area contributed by atoms with Gasteiger partial charge < -0.3 is 14.5 Å². The number of rotatable bonds is 11. The number of aryl methyl sites for hydroxylation is 1. The maximum atomic E-state index is 14.0. The minimum absolute atomic E-state index is 0.0560. The van der Waals surface area contributed by atoms with Gasteiger partial charge in [-0.25, -0.2) is 4.79 Å². The smallest absolute Gasteiger partial charge is 0.337 e. The van der Waals surface area contributed by atoms with Gasteiger partial charge in [-0.05, 0) is 67.0 Å². The molecule has 5 rings (SSSR count). The molecule has 1 N–H and O–H groups in total. The molecule has 0 bridgehead atoms. The van der Waals surface area contributed by atoms with Crippen LogP contribution in [0.4, 0.5) is 0 Å². The molecular weight excluding hydrogens is 651 g/mol. The molecule has 252 valence electrons. The fourth-order valence-electron chi connectivity index (χ4n) is 5.24. The van der Waals surface area contributed by atoms with Gasteiger partial charge in [0.1, 0.15) is 17.1 Å². The number of allylic oxidation sites excluding steroid dienone is 4. The van der Waals surface area contributed by atoms with Crippen molar-refractivity contribution in [1.29, 1.82) is 0 Å². The van der Waals surface area contributed by atoms with Crippen LogP contribution in [0, 0.1) is 6.92 Å². The first-order valence-corrected chi connectivity index (χ1v) is 16.7. The van der Waals surface area contributed by atoms with E-state index in [2.05, 4.69) is 16.9 Å². The maximum Gasteiger partial charge on any atom is 0.337 e. The molecule has 0 spiro atoms. The number of ether oxygens (including phenoxy) is 1. The third kappa shape index (κ3) is 8.16. The van der Waals surface area contributed by atoms with Gasteiger partial charge in [-0.3, -0.25) is 19.3 Å². The van der Waals surface area contributed by atoms with Crippen LogP contribution in [0.25, 0.3) is 17.4 Å². The second-order valence-corrected chi connectivity index (χ2v) is 12.0. The second-order valence-electron chi connectivity index (χ2n) is 11.0. The number of thioether (sulfide) groups is 1. The van der Waals surface area contributed by atoms with Crippen molar-refractivity contribution in [3.8, 4) is 11.3 Å². The molecule has 0 aliphatic carbocycles. The molecule has 1 aliphatic rings. The number of benzene rings is 3. The Labute approximate surface area is 294 Å². The summed E-state index contributed by atoms with van der Waals surface area (Å²) in [7, 11) is 1.31. The van der Waals surface area contributed by atoms with E-state index >= 15 is 0 Å². The molecule has 0 unspecified atom stereocenters. The van der Waals surface area contributed by atoms with E-state index in [0.29, 0.717) is 22.6 Å². The third-order valence-electron chi connectivity index (χ3n) is 7.75. The number of nitrogens with one attached hydrogen (secondary N) is 1. The summed E-state index contributed by atoms with van der Waals surface area (Å²) in [6.07, 6.45) is 7.92. The zero-order valence-corrected chi connectivity index (χ0v) is 28.6. The van der Waals surface area contributed by atoms with Gasteiger partial charge in [0, 0.05) is 11.3 Å². The zero-order valence-electron chi connectivity index (χ0n) is 27.8. The van der Waals surface area contributed by atoms with Crippen molar-refractivity contribution < 1.29 is 28.3 Å². The molecule has 10 heteroatoms. The number of aliphatic imine (C=N–C) groups is 1. The van der Waals surface area contributed by atoms with Crippen molar-refractivity contribution in [3.05, 3.63) is 161 Å². The fourth-order valence-corrected chi connectivity index (χ4v) is 6.05. The summed E-state index contributed by atoms with van der Waals surface area (Å²) in [6.45, 7) is 7.33. The summed E-state index contributed by atoms with van der Waals surface area (Å²) in [5.74, 6) is -1.64. The molecule has 0 atom stereocenters. The number of nitrogens with zero attached hydrogens (tertiary/aromatic N) is 2. The molecule has 9 nitrogen and oxygen atoms in total. The van der Waals surface area contributed by atoms with E-state index in [9.17, 15) is 19.2 Å². The first-order chi connectivity index (χ1) is 24.2. The Morgan fingerprint density at radius 1 is 1.00 bits per heavy atom. The number of furan rings is 1.